The zero-order valence-electron chi connectivity index (χ0n) is 14.5. The van der Waals surface area contributed by atoms with Crippen LogP contribution in [0.15, 0.2) is 12.1 Å². The van der Waals surface area contributed by atoms with Gasteiger partial charge in [-0.3, -0.25) is 4.79 Å². The van der Waals surface area contributed by atoms with Gasteiger partial charge in [0, 0.05) is 26.2 Å². The first-order valence-electron chi connectivity index (χ1n) is 8.47. The number of hydrogen-bond acceptors (Lipinski definition) is 7. The number of hydrogen-bond donors (Lipinski definition) is 0. The molecule has 3 heterocycles. The summed E-state index contributed by atoms with van der Waals surface area (Å²) in [6.45, 7) is 2.21. The van der Waals surface area contributed by atoms with Crippen molar-refractivity contribution in [1.29, 1.82) is 0 Å². The van der Waals surface area contributed by atoms with E-state index in [4.69, 9.17) is 4.74 Å². The number of carbonyl (C=O) groups excluding carboxylic acids is 2. The van der Waals surface area contributed by atoms with E-state index in [2.05, 4.69) is 4.74 Å². The van der Waals surface area contributed by atoms with Crippen LogP contribution in [0.4, 0.5) is 0 Å². The van der Waals surface area contributed by atoms with Crippen molar-refractivity contribution in [3.8, 4) is 0 Å². The normalized spacial score (nSPS) is 22.2. The number of amides is 1. The smallest absolute Gasteiger partial charge is 0.348 e. The number of rotatable bonds is 4. The fourth-order valence-corrected chi connectivity index (χ4v) is 6.00. The van der Waals surface area contributed by atoms with Gasteiger partial charge in [-0.1, -0.05) is 0 Å². The number of sulfonamides is 1. The molecule has 0 aliphatic carbocycles. The zero-order valence-corrected chi connectivity index (χ0v) is 16.2. The van der Waals surface area contributed by atoms with Crippen molar-refractivity contribution < 1.29 is 27.5 Å². The Morgan fingerprint density at radius 3 is 2.58 bits per heavy atom. The minimum atomic E-state index is -3.46. The molecule has 1 unspecified atom stereocenters. The second kappa shape index (κ2) is 8.03. The molecule has 10 heteroatoms. The molecule has 1 amide bonds. The number of esters is 1. The maximum absolute atomic E-state index is 12.9. The van der Waals surface area contributed by atoms with E-state index in [9.17, 15) is 18.0 Å². The Bertz CT molecular complexity index is 769. The third-order valence-corrected chi connectivity index (χ3v) is 7.99. The number of nitrogens with zero attached hydrogens (tertiary/aromatic N) is 2. The average molecular weight is 402 g/mol. The van der Waals surface area contributed by atoms with Gasteiger partial charge in [-0.05, 0) is 25.0 Å². The van der Waals surface area contributed by atoms with Crippen LogP contribution < -0.4 is 0 Å². The van der Waals surface area contributed by atoms with Gasteiger partial charge >= 0.3 is 5.97 Å². The third kappa shape index (κ3) is 3.93. The lowest BCUT2D eigenvalue weighted by molar-refractivity contribution is 0.0606. The highest BCUT2D eigenvalue weighted by Crippen LogP contribution is 2.25. The van der Waals surface area contributed by atoms with Crippen LogP contribution in [0.1, 0.15) is 32.2 Å². The molecule has 0 spiro atoms. The first kappa shape index (κ1) is 19.3. The Morgan fingerprint density at radius 2 is 1.88 bits per heavy atom. The molecular formula is C16H22N2O6S2. The van der Waals surface area contributed by atoms with Crippen LogP contribution in [0.25, 0.3) is 0 Å². The number of ether oxygens (including phenoxy) is 2. The van der Waals surface area contributed by atoms with Crippen LogP contribution in [0.3, 0.4) is 0 Å². The van der Waals surface area contributed by atoms with Crippen molar-refractivity contribution in [2.75, 3.05) is 46.5 Å². The minimum Gasteiger partial charge on any atom is -0.465 e. The standard InChI is InChI=1S/C16H22N2O6S2/c1-23-16(20)14-5-4-13(25-14)15(19)17-6-2-3-12(11-17)26(21,22)18-7-9-24-10-8-18/h4-5,12H,2-3,6-11H2,1H3. The molecule has 2 aliphatic heterocycles. The number of thiophene rings is 1. The SMILES string of the molecule is COC(=O)c1ccc(C(=O)N2CCCC(S(=O)(=O)N3CCOCC3)C2)s1. The van der Waals surface area contributed by atoms with Crippen LogP contribution in [-0.4, -0.2) is 81.3 Å². The highest BCUT2D eigenvalue weighted by molar-refractivity contribution is 7.89. The summed E-state index contributed by atoms with van der Waals surface area (Å²) >= 11 is 1.06. The molecule has 2 aliphatic rings. The molecule has 0 N–H and O–H groups in total. The molecule has 144 valence electrons. The molecule has 1 aromatic heterocycles. The first-order chi connectivity index (χ1) is 12.4. The maximum Gasteiger partial charge on any atom is 0.348 e. The summed E-state index contributed by atoms with van der Waals surface area (Å²) < 4.78 is 37.0. The molecule has 0 bridgehead atoms. The molecule has 2 saturated heterocycles. The molecule has 8 nitrogen and oxygen atoms in total. The Labute approximate surface area is 156 Å². The molecule has 1 atom stereocenters. The number of methoxy groups -OCH3 is 1. The Kier molecular flexibility index (Phi) is 5.96. The molecule has 0 saturated carbocycles. The van der Waals surface area contributed by atoms with E-state index >= 15 is 0 Å². The predicted molar refractivity (Wildman–Crippen MR) is 95.9 cm³/mol. The van der Waals surface area contributed by atoms with Gasteiger partial charge < -0.3 is 14.4 Å². The van der Waals surface area contributed by atoms with Crippen LogP contribution in [0, 0.1) is 0 Å². The van der Waals surface area contributed by atoms with Gasteiger partial charge in [0.15, 0.2) is 0 Å². The van der Waals surface area contributed by atoms with E-state index in [1.54, 1.807) is 17.0 Å². The summed E-state index contributed by atoms with van der Waals surface area (Å²) in [6, 6.07) is 3.13. The molecule has 0 radical (unpaired) electrons. The lowest BCUT2D eigenvalue weighted by atomic mass is 10.1. The van der Waals surface area contributed by atoms with Crippen molar-refractivity contribution in [2.45, 2.75) is 18.1 Å². The summed E-state index contributed by atoms with van der Waals surface area (Å²) in [5.74, 6) is -0.729. The van der Waals surface area contributed by atoms with Crippen molar-refractivity contribution in [1.82, 2.24) is 9.21 Å². The molecule has 26 heavy (non-hydrogen) atoms. The van der Waals surface area contributed by atoms with Crippen LogP contribution in [0.2, 0.25) is 0 Å². The van der Waals surface area contributed by atoms with Crippen molar-refractivity contribution in [3.63, 3.8) is 0 Å². The zero-order chi connectivity index (χ0) is 18.7. The van der Waals surface area contributed by atoms with E-state index in [1.807, 2.05) is 0 Å². The van der Waals surface area contributed by atoms with Gasteiger partial charge in [0.1, 0.15) is 4.88 Å². The van der Waals surface area contributed by atoms with Gasteiger partial charge in [-0.25, -0.2) is 13.2 Å². The third-order valence-electron chi connectivity index (χ3n) is 4.62. The highest BCUT2D eigenvalue weighted by atomic mass is 32.2. The topological polar surface area (TPSA) is 93.2 Å². The monoisotopic (exact) mass is 402 g/mol. The number of morpholine rings is 1. The second-order valence-corrected chi connectivity index (χ2v) is 9.52. The number of piperidine rings is 1. The Hall–Kier alpha value is -1.49. The van der Waals surface area contributed by atoms with E-state index in [1.165, 1.54) is 11.4 Å². The summed E-state index contributed by atoms with van der Waals surface area (Å²) in [5.41, 5.74) is 0. The highest BCUT2D eigenvalue weighted by Gasteiger charge is 2.37. The van der Waals surface area contributed by atoms with Crippen molar-refractivity contribution >= 4 is 33.2 Å². The summed E-state index contributed by atoms with van der Waals surface area (Å²) in [7, 11) is -2.17. The van der Waals surface area contributed by atoms with Crippen molar-refractivity contribution in [3.05, 3.63) is 21.9 Å². The molecular weight excluding hydrogens is 380 g/mol. The molecule has 0 aromatic carbocycles. The van der Waals surface area contributed by atoms with Crippen LogP contribution in [0.5, 0.6) is 0 Å². The Balaban J connectivity index is 1.70. The minimum absolute atomic E-state index is 0.171. The van der Waals surface area contributed by atoms with E-state index in [0.29, 0.717) is 55.4 Å². The van der Waals surface area contributed by atoms with E-state index in [0.717, 1.165) is 11.3 Å². The van der Waals surface area contributed by atoms with Gasteiger partial charge in [0.2, 0.25) is 10.0 Å². The van der Waals surface area contributed by atoms with E-state index < -0.39 is 21.2 Å². The predicted octanol–water partition coefficient (Wildman–Crippen LogP) is 0.801. The summed E-state index contributed by atoms with van der Waals surface area (Å²) in [4.78, 5) is 26.6. The van der Waals surface area contributed by atoms with Gasteiger partial charge in [-0.2, -0.15) is 4.31 Å². The number of carbonyl (C=O) groups is 2. The molecule has 3 rings (SSSR count). The van der Waals surface area contributed by atoms with Crippen LogP contribution in [-0.2, 0) is 19.5 Å². The van der Waals surface area contributed by atoms with Crippen LogP contribution >= 0.6 is 11.3 Å². The molecule has 1 aromatic rings. The van der Waals surface area contributed by atoms with Crippen molar-refractivity contribution in [2.24, 2.45) is 0 Å². The first-order valence-corrected chi connectivity index (χ1v) is 10.8. The second-order valence-electron chi connectivity index (χ2n) is 6.23. The Morgan fingerprint density at radius 1 is 1.19 bits per heavy atom. The van der Waals surface area contributed by atoms with E-state index in [-0.39, 0.29) is 12.5 Å². The lowest BCUT2D eigenvalue weighted by Gasteiger charge is -2.36. The number of likely N-dealkylation sites (tertiary alicyclic amines) is 1. The fraction of sp³-hybridized carbons (Fsp3) is 0.625. The average Bonchev–Trinajstić information content (AvgIpc) is 3.17. The summed E-state index contributed by atoms with van der Waals surface area (Å²) in [6.07, 6.45) is 1.18. The lowest BCUT2D eigenvalue weighted by Crippen LogP contribution is -2.51. The fourth-order valence-electron chi connectivity index (χ4n) is 3.20. The molecule has 2 fully saturated rings. The summed E-state index contributed by atoms with van der Waals surface area (Å²) in [5, 5.41) is -0.599. The maximum atomic E-state index is 12.9. The van der Waals surface area contributed by atoms with Gasteiger partial charge in [0.05, 0.1) is 30.5 Å². The largest absolute Gasteiger partial charge is 0.465 e. The quantitative estimate of drug-likeness (QED) is 0.692. The van der Waals surface area contributed by atoms with Gasteiger partial charge in [0.25, 0.3) is 5.91 Å². The van der Waals surface area contributed by atoms with Gasteiger partial charge in [-0.15, -0.1) is 11.3 Å².